The summed E-state index contributed by atoms with van der Waals surface area (Å²) < 4.78 is 5.80. The fourth-order valence-corrected chi connectivity index (χ4v) is 2.20. The first-order valence-corrected chi connectivity index (χ1v) is 6.12. The van der Waals surface area contributed by atoms with Crippen molar-refractivity contribution in [2.75, 3.05) is 5.32 Å². The van der Waals surface area contributed by atoms with E-state index in [4.69, 9.17) is 4.74 Å². The lowest BCUT2D eigenvalue weighted by molar-refractivity contribution is 0.461. The average molecular weight is 249 g/mol. The Bertz CT molecular complexity index is 798. The lowest BCUT2D eigenvalue weighted by Crippen LogP contribution is -2.06. The Balaban J connectivity index is 1.90. The Hall–Kier alpha value is -2.62. The van der Waals surface area contributed by atoms with E-state index in [1.807, 2.05) is 49.4 Å². The van der Waals surface area contributed by atoms with Crippen LogP contribution in [0.25, 0.3) is 11.0 Å². The van der Waals surface area contributed by atoms with Crippen molar-refractivity contribution < 1.29 is 4.74 Å². The van der Waals surface area contributed by atoms with Gasteiger partial charge in [0.1, 0.15) is 0 Å². The minimum absolute atomic E-state index is 0.523. The lowest BCUT2D eigenvalue weighted by Gasteiger charge is -2.20. The monoisotopic (exact) mass is 249 g/mol. The predicted octanol–water partition coefficient (Wildman–Crippen LogP) is 3.79. The van der Waals surface area contributed by atoms with Crippen molar-refractivity contribution >= 4 is 22.5 Å². The van der Waals surface area contributed by atoms with Gasteiger partial charge in [-0.05, 0) is 36.8 Å². The molecule has 4 rings (SSSR count). The molecule has 2 aromatic carbocycles. The second kappa shape index (κ2) is 3.68. The van der Waals surface area contributed by atoms with Crippen molar-refractivity contribution in [3.63, 3.8) is 0 Å². The van der Waals surface area contributed by atoms with Crippen molar-refractivity contribution in [1.82, 2.24) is 9.97 Å². The molecule has 0 saturated heterocycles. The summed E-state index contributed by atoms with van der Waals surface area (Å²) in [5, 5.41) is 3.27. The largest absolute Gasteiger partial charge is 0.434 e. The van der Waals surface area contributed by atoms with Crippen LogP contribution in [0.5, 0.6) is 11.6 Å². The molecule has 92 valence electrons. The number of anilines is 2. The molecule has 19 heavy (non-hydrogen) atoms. The zero-order valence-corrected chi connectivity index (χ0v) is 10.3. The Labute approximate surface area is 110 Å². The Morgan fingerprint density at radius 1 is 1.00 bits per heavy atom. The SMILES string of the molecule is Cc1ccc2c(c1)Nc1nc3ccccc3nc1O2. The van der Waals surface area contributed by atoms with Gasteiger partial charge in [-0.25, -0.2) is 9.97 Å². The molecule has 0 fully saturated rings. The topological polar surface area (TPSA) is 47.0 Å². The second-order valence-electron chi connectivity index (χ2n) is 4.59. The van der Waals surface area contributed by atoms with Gasteiger partial charge in [0, 0.05) is 0 Å². The standard InChI is InChI=1S/C15H11N3O/c1-9-6-7-13-12(8-9)17-14-15(19-13)18-11-5-3-2-4-10(11)16-14/h2-8H,1H3,(H,16,17). The van der Waals surface area contributed by atoms with E-state index in [0.717, 1.165) is 22.5 Å². The van der Waals surface area contributed by atoms with Crippen LogP contribution >= 0.6 is 0 Å². The summed E-state index contributed by atoms with van der Waals surface area (Å²) in [7, 11) is 0. The van der Waals surface area contributed by atoms with Crippen LogP contribution in [0.15, 0.2) is 42.5 Å². The van der Waals surface area contributed by atoms with Crippen LogP contribution in [0.2, 0.25) is 0 Å². The molecule has 0 saturated carbocycles. The summed E-state index contributed by atoms with van der Waals surface area (Å²) in [6.45, 7) is 2.05. The summed E-state index contributed by atoms with van der Waals surface area (Å²) in [4.78, 5) is 9.04. The van der Waals surface area contributed by atoms with E-state index < -0.39 is 0 Å². The Kier molecular flexibility index (Phi) is 2.00. The third kappa shape index (κ3) is 1.61. The smallest absolute Gasteiger partial charge is 0.263 e. The van der Waals surface area contributed by atoms with Crippen LogP contribution in [0.3, 0.4) is 0 Å². The van der Waals surface area contributed by atoms with Gasteiger partial charge in [0.05, 0.1) is 16.7 Å². The molecule has 0 bridgehead atoms. The number of benzene rings is 2. The maximum atomic E-state index is 5.80. The fourth-order valence-electron chi connectivity index (χ4n) is 2.20. The van der Waals surface area contributed by atoms with Gasteiger partial charge >= 0.3 is 0 Å². The number of nitrogens with one attached hydrogen (secondary N) is 1. The molecule has 4 nitrogen and oxygen atoms in total. The Morgan fingerprint density at radius 3 is 2.63 bits per heavy atom. The van der Waals surface area contributed by atoms with Gasteiger partial charge in [-0.2, -0.15) is 0 Å². The first-order valence-electron chi connectivity index (χ1n) is 6.12. The molecule has 1 aliphatic rings. The van der Waals surface area contributed by atoms with Crippen LogP contribution in [-0.4, -0.2) is 9.97 Å². The first kappa shape index (κ1) is 10.3. The highest BCUT2D eigenvalue weighted by Gasteiger charge is 2.19. The molecule has 1 aliphatic heterocycles. The maximum Gasteiger partial charge on any atom is 0.263 e. The molecular weight excluding hydrogens is 238 g/mol. The van der Waals surface area contributed by atoms with E-state index in [2.05, 4.69) is 15.3 Å². The van der Waals surface area contributed by atoms with E-state index in [1.54, 1.807) is 0 Å². The van der Waals surface area contributed by atoms with Crippen molar-refractivity contribution in [3.8, 4) is 11.6 Å². The lowest BCUT2D eigenvalue weighted by atomic mass is 10.2. The molecule has 2 heterocycles. The molecule has 0 amide bonds. The third-order valence-electron chi connectivity index (χ3n) is 3.13. The van der Waals surface area contributed by atoms with Gasteiger partial charge in [0.2, 0.25) is 0 Å². The van der Waals surface area contributed by atoms with Gasteiger partial charge in [0.15, 0.2) is 11.6 Å². The van der Waals surface area contributed by atoms with Crippen molar-refractivity contribution in [3.05, 3.63) is 48.0 Å². The average Bonchev–Trinajstić information content (AvgIpc) is 2.43. The van der Waals surface area contributed by atoms with Crippen molar-refractivity contribution in [2.24, 2.45) is 0 Å². The highest BCUT2D eigenvalue weighted by atomic mass is 16.5. The summed E-state index contributed by atoms with van der Waals surface area (Å²) in [5.41, 5.74) is 3.79. The summed E-state index contributed by atoms with van der Waals surface area (Å²) in [5.74, 6) is 1.97. The number of para-hydroxylation sites is 2. The molecule has 0 aliphatic carbocycles. The number of rotatable bonds is 0. The zero-order valence-electron chi connectivity index (χ0n) is 10.3. The normalized spacial score (nSPS) is 12.3. The van der Waals surface area contributed by atoms with Crippen LogP contribution < -0.4 is 10.1 Å². The van der Waals surface area contributed by atoms with Crippen LogP contribution in [0.4, 0.5) is 11.5 Å². The summed E-state index contributed by atoms with van der Waals surface area (Å²) in [6, 6.07) is 13.8. The maximum absolute atomic E-state index is 5.80. The van der Waals surface area contributed by atoms with E-state index >= 15 is 0 Å². The number of nitrogens with zero attached hydrogens (tertiary/aromatic N) is 2. The number of ether oxygens (including phenoxy) is 1. The fraction of sp³-hybridized carbons (Fsp3) is 0.0667. The molecule has 0 spiro atoms. The zero-order chi connectivity index (χ0) is 12.8. The summed E-state index contributed by atoms with van der Waals surface area (Å²) in [6.07, 6.45) is 0. The minimum Gasteiger partial charge on any atom is -0.434 e. The summed E-state index contributed by atoms with van der Waals surface area (Å²) >= 11 is 0. The van der Waals surface area contributed by atoms with Gasteiger partial charge in [0.25, 0.3) is 5.88 Å². The Morgan fingerprint density at radius 2 is 1.79 bits per heavy atom. The van der Waals surface area contributed by atoms with Crippen molar-refractivity contribution in [2.45, 2.75) is 6.92 Å². The molecule has 1 N–H and O–H groups in total. The van der Waals surface area contributed by atoms with Crippen LogP contribution in [-0.2, 0) is 0 Å². The predicted molar refractivity (Wildman–Crippen MR) is 74.1 cm³/mol. The van der Waals surface area contributed by atoms with E-state index in [-0.39, 0.29) is 0 Å². The molecule has 0 unspecified atom stereocenters. The quantitative estimate of drug-likeness (QED) is 0.515. The number of aromatic nitrogens is 2. The van der Waals surface area contributed by atoms with Gasteiger partial charge in [-0.3, -0.25) is 0 Å². The first-order chi connectivity index (χ1) is 9.29. The van der Waals surface area contributed by atoms with E-state index in [1.165, 1.54) is 5.56 Å². The second-order valence-corrected chi connectivity index (χ2v) is 4.59. The molecule has 4 heteroatoms. The van der Waals surface area contributed by atoms with Crippen LogP contribution in [0, 0.1) is 6.92 Å². The minimum atomic E-state index is 0.523. The molecular formula is C15H11N3O. The molecule has 3 aromatic rings. The number of fused-ring (bicyclic) bond motifs is 3. The molecule has 1 aromatic heterocycles. The highest BCUT2D eigenvalue weighted by Crippen LogP contribution is 2.40. The van der Waals surface area contributed by atoms with Crippen molar-refractivity contribution in [1.29, 1.82) is 0 Å². The van der Waals surface area contributed by atoms with Gasteiger partial charge in [-0.15, -0.1) is 0 Å². The van der Waals surface area contributed by atoms with Gasteiger partial charge in [-0.1, -0.05) is 18.2 Å². The molecule has 0 radical (unpaired) electrons. The van der Waals surface area contributed by atoms with E-state index in [9.17, 15) is 0 Å². The number of hydrogen-bond donors (Lipinski definition) is 1. The third-order valence-corrected chi connectivity index (χ3v) is 3.13. The molecule has 0 atom stereocenters. The number of aryl methyl sites for hydroxylation is 1. The van der Waals surface area contributed by atoms with Gasteiger partial charge < -0.3 is 10.1 Å². The van der Waals surface area contributed by atoms with Crippen LogP contribution in [0.1, 0.15) is 5.56 Å². The number of hydrogen-bond acceptors (Lipinski definition) is 4. The van der Waals surface area contributed by atoms with E-state index in [0.29, 0.717) is 11.7 Å². The highest BCUT2D eigenvalue weighted by molar-refractivity contribution is 5.81.